The van der Waals surface area contributed by atoms with Gasteiger partial charge in [-0.25, -0.2) is 0 Å². The lowest BCUT2D eigenvalue weighted by molar-refractivity contribution is -0.134. The molecule has 2 aromatic rings. The monoisotopic (exact) mass is 379 g/mol. The Morgan fingerprint density at radius 1 is 1.35 bits per heavy atom. The summed E-state index contributed by atoms with van der Waals surface area (Å²) in [5.41, 5.74) is 7.09. The number of piperidine rings is 1. The second-order valence-electron chi connectivity index (χ2n) is 6.86. The molecule has 0 spiro atoms. The number of aromatic nitrogens is 2. The number of carbonyl (C=O) groups is 2. The lowest BCUT2D eigenvalue weighted by atomic mass is 9.92. The lowest BCUT2D eigenvalue weighted by Gasteiger charge is -2.36. The number of amides is 2. The van der Waals surface area contributed by atoms with Gasteiger partial charge >= 0.3 is 0 Å². The zero-order valence-electron chi connectivity index (χ0n) is 15.1. The van der Waals surface area contributed by atoms with Crippen LogP contribution < -0.4 is 11.1 Å². The smallest absolute Gasteiger partial charge is 0.273 e. The molecule has 0 aliphatic carbocycles. The number of H-pyrrole nitrogens is 1. The van der Waals surface area contributed by atoms with Crippen LogP contribution in [0, 0.1) is 5.92 Å². The first-order valence-corrected chi connectivity index (χ1v) is 8.75. The molecule has 2 amide bonds. The van der Waals surface area contributed by atoms with Gasteiger partial charge in [-0.1, -0.05) is 18.2 Å². The molecule has 3 rings (SSSR count). The lowest BCUT2D eigenvalue weighted by Crippen LogP contribution is -2.52. The third kappa shape index (κ3) is 4.16. The molecule has 1 fully saturated rings. The fourth-order valence-corrected chi connectivity index (χ4v) is 3.38. The third-order valence-corrected chi connectivity index (χ3v) is 4.92. The molecule has 142 valence electrons. The Morgan fingerprint density at radius 3 is 2.81 bits per heavy atom. The maximum Gasteiger partial charge on any atom is 0.273 e. The number of nitrogens with one attached hydrogen (secondary N) is 2. The van der Waals surface area contributed by atoms with Gasteiger partial charge in [0.1, 0.15) is 6.04 Å². The van der Waals surface area contributed by atoms with E-state index in [1.54, 1.807) is 6.92 Å². The minimum Gasteiger partial charge on any atom is -0.341 e. The van der Waals surface area contributed by atoms with E-state index in [4.69, 9.17) is 5.73 Å². The van der Waals surface area contributed by atoms with Crippen LogP contribution in [0.3, 0.4) is 0 Å². The van der Waals surface area contributed by atoms with Crippen LogP contribution in [-0.2, 0) is 4.79 Å². The Bertz CT molecular complexity index is 776. The van der Waals surface area contributed by atoms with Crippen LogP contribution in [-0.4, -0.2) is 52.1 Å². The summed E-state index contributed by atoms with van der Waals surface area (Å²) in [6, 6.07) is 6.88. The van der Waals surface area contributed by atoms with Gasteiger partial charge in [0.15, 0.2) is 5.69 Å². The number of benzene rings is 1. The zero-order valence-corrected chi connectivity index (χ0v) is 15.9. The Labute approximate surface area is 159 Å². The Hall–Kier alpha value is -2.12. The van der Waals surface area contributed by atoms with E-state index in [9.17, 15) is 9.59 Å². The number of nitrogens with zero attached hydrogens (tertiary/aromatic N) is 2. The second kappa shape index (κ2) is 8.51. The molecule has 8 heteroatoms. The van der Waals surface area contributed by atoms with Crippen LogP contribution in [0.25, 0.3) is 10.9 Å². The zero-order chi connectivity index (χ0) is 18.0. The summed E-state index contributed by atoms with van der Waals surface area (Å²) >= 11 is 0. The van der Waals surface area contributed by atoms with E-state index in [2.05, 4.69) is 15.5 Å². The molecular formula is C18H26ClN5O2. The van der Waals surface area contributed by atoms with Gasteiger partial charge in [0.2, 0.25) is 5.91 Å². The molecule has 0 bridgehead atoms. The van der Waals surface area contributed by atoms with Crippen molar-refractivity contribution in [3.8, 4) is 0 Å². The Kier molecular flexibility index (Phi) is 6.61. The van der Waals surface area contributed by atoms with Crippen LogP contribution in [0.1, 0.15) is 37.2 Å². The number of hydrogen-bond donors (Lipinski definition) is 3. The van der Waals surface area contributed by atoms with E-state index in [-0.39, 0.29) is 30.3 Å². The number of carbonyl (C=O) groups excluding carboxylic acids is 2. The van der Waals surface area contributed by atoms with Gasteiger partial charge in [0, 0.05) is 24.5 Å². The highest BCUT2D eigenvalue weighted by Crippen LogP contribution is 2.20. The standard InChI is InChI=1S/C18H25N5O2.ClH/c1-11(19)13-6-5-9-23(10-13)18(25)12(2)20-17(24)16-14-7-3-4-8-15(14)21-22-16;/h3-4,7-8,11-13H,5-6,9-10,19H2,1-2H3,(H,20,24)(H,21,22);1H. The molecule has 26 heavy (non-hydrogen) atoms. The number of halogens is 1. The molecule has 4 N–H and O–H groups in total. The van der Waals surface area contributed by atoms with E-state index < -0.39 is 6.04 Å². The number of aromatic amines is 1. The summed E-state index contributed by atoms with van der Waals surface area (Å²) in [7, 11) is 0. The van der Waals surface area contributed by atoms with Crippen molar-refractivity contribution in [1.29, 1.82) is 0 Å². The van der Waals surface area contributed by atoms with E-state index in [0.29, 0.717) is 24.7 Å². The minimum absolute atomic E-state index is 0. The minimum atomic E-state index is -0.602. The SMILES string of the molecule is CC(NC(=O)c1n[nH]c2ccccc12)C(=O)N1CCCC(C(C)N)C1.Cl. The van der Waals surface area contributed by atoms with E-state index in [1.807, 2.05) is 36.1 Å². The van der Waals surface area contributed by atoms with Crippen LogP contribution in [0.5, 0.6) is 0 Å². The summed E-state index contributed by atoms with van der Waals surface area (Å²) in [4.78, 5) is 27.0. The van der Waals surface area contributed by atoms with Crippen molar-refractivity contribution in [1.82, 2.24) is 20.4 Å². The van der Waals surface area contributed by atoms with Crippen molar-refractivity contribution in [2.24, 2.45) is 11.7 Å². The summed E-state index contributed by atoms with van der Waals surface area (Å²) in [5.74, 6) is -0.103. The normalized spacial score (nSPS) is 19.5. The van der Waals surface area contributed by atoms with Crippen LogP contribution in [0.15, 0.2) is 24.3 Å². The van der Waals surface area contributed by atoms with E-state index in [1.165, 1.54) is 0 Å². The van der Waals surface area contributed by atoms with Gasteiger partial charge < -0.3 is 16.0 Å². The van der Waals surface area contributed by atoms with Gasteiger partial charge in [-0.3, -0.25) is 14.7 Å². The van der Waals surface area contributed by atoms with E-state index >= 15 is 0 Å². The van der Waals surface area contributed by atoms with E-state index in [0.717, 1.165) is 23.7 Å². The average Bonchev–Trinajstić information content (AvgIpc) is 3.05. The predicted molar refractivity (Wildman–Crippen MR) is 103 cm³/mol. The van der Waals surface area contributed by atoms with Crippen molar-refractivity contribution in [3.05, 3.63) is 30.0 Å². The molecule has 0 saturated carbocycles. The molecular weight excluding hydrogens is 354 g/mol. The van der Waals surface area contributed by atoms with Gasteiger partial charge in [-0.15, -0.1) is 12.4 Å². The fourth-order valence-electron chi connectivity index (χ4n) is 3.38. The Morgan fingerprint density at radius 2 is 2.08 bits per heavy atom. The number of hydrogen-bond acceptors (Lipinski definition) is 4. The van der Waals surface area contributed by atoms with Crippen LogP contribution in [0.4, 0.5) is 0 Å². The first kappa shape index (κ1) is 20.2. The molecule has 3 unspecified atom stereocenters. The highest BCUT2D eigenvalue weighted by molar-refractivity contribution is 6.05. The van der Waals surface area contributed by atoms with Crippen molar-refractivity contribution < 1.29 is 9.59 Å². The fraction of sp³-hybridized carbons (Fsp3) is 0.500. The summed E-state index contributed by atoms with van der Waals surface area (Å²) in [6.45, 7) is 5.06. The van der Waals surface area contributed by atoms with Crippen molar-refractivity contribution >= 4 is 35.1 Å². The molecule has 1 saturated heterocycles. The van der Waals surface area contributed by atoms with Gasteiger partial charge in [0.05, 0.1) is 5.52 Å². The number of rotatable bonds is 4. The molecule has 1 aliphatic rings. The highest BCUT2D eigenvalue weighted by Gasteiger charge is 2.29. The maximum atomic E-state index is 12.7. The van der Waals surface area contributed by atoms with Crippen LogP contribution in [0.2, 0.25) is 0 Å². The largest absolute Gasteiger partial charge is 0.341 e. The number of fused-ring (bicyclic) bond motifs is 1. The molecule has 1 aromatic heterocycles. The molecule has 3 atom stereocenters. The van der Waals surface area contributed by atoms with Crippen molar-refractivity contribution in [2.75, 3.05) is 13.1 Å². The Balaban J connectivity index is 0.00000243. The van der Waals surface area contributed by atoms with Gasteiger partial charge in [-0.2, -0.15) is 5.10 Å². The van der Waals surface area contributed by atoms with Gasteiger partial charge in [0.25, 0.3) is 5.91 Å². The quantitative estimate of drug-likeness (QED) is 0.751. The van der Waals surface area contributed by atoms with Crippen LogP contribution >= 0.6 is 12.4 Å². The predicted octanol–water partition coefficient (Wildman–Crippen LogP) is 1.69. The van der Waals surface area contributed by atoms with Crippen molar-refractivity contribution in [2.45, 2.75) is 38.8 Å². The average molecular weight is 380 g/mol. The summed E-state index contributed by atoms with van der Waals surface area (Å²) in [6.07, 6.45) is 1.99. The first-order chi connectivity index (χ1) is 12.0. The second-order valence-corrected chi connectivity index (χ2v) is 6.86. The number of para-hydroxylation sites is 1. The molecule has 1 aliphatic heterocycles. The molecule has 1 aromatic carbocycles. The molecule has 0 radical (unpaired) electrons. The number of nitrogens with two attached hydrogens (primary N) is 1. The maximum absolute atomic E-state index is 12.7. The number of likely N-dealkylation sites (tertiary alicyclic amines) is 1. The van der Waals surface area contributed by atoms with Crippen molar-refractivity contribution in [3.63, 3.8) is 0 Å². The third-order valence-electron chi connectivity index (χ3n) is 4.92. The first-order valence-electron chi connectivity index (χ1n) is 8.75. The summed E-state index contributed by atoms with van der Waals surface area (Å²) in [5, 5.41) is 10.4. The van der Waals surface area contributed by atoms with Gasteiger partial charge in [-0.05, 0) is 38.7 Å². The molecule has 7 nitrogen and oxygen atoms in total. The topological polar surface area (TPSA) is 104 Å². The highest BCUT2D eigenvalue weighted by atomic mass is 35.5. The molecule has 2 heterocycles. The summed E-state index contributed by atoms with van der Waals surface area (Å²) < 4.78 is 0.